The summed E-state index contributed by atoms with van der Waals surface area (Å²) in [7, 11) is -3.81. The molecule has 0 aliphatic rings. The second-order valence-corrected chi connectivity index (χ2v) is 14.9. The maximum absolute atomic E-state index is 14.5. The van der Waals surface area contributed by atoms with E-state index in [1.54, 1.807) is 45.5 Å². The lowest BCUT2D eigenvalue weighted by atomic mass is 10.1. The molecule has 2 aromatic heterocycles. The van der Waals surface area contributed by atoms with Gasteiger partial charge < -0.3 is 24.1 Å². The second-order valence-electron chi connectivity index (χ2n) is 12.7. The highest BCUT2D eigenvalue weighted by Gasteiger charge is 2.43. The Morgan fingerprint density at radius 2 is 1.41 bits per heavy atom. The molecule has 46 heavy (non-hydrogen) atoms. The Balaban J connectivity index is 2.19. The largest absolute Gasteiger partial charge is 0.464 e. The summed E-state index contributed by atoms with van der Waals surface area (Å²) >= 11 is 0. The maximum Gasteiger partial charge on any atom is 0.326 e. The molecule has 0 unspecified atom stereocenters. The number of hydrogen-bond acceptors (Lipinski definition) is 10. The van der Waals surface area contributed by atoms with Gasteiger partial charge >= 0.3 is 11.9 Å². The topological polar surface area (TPSA) is 176 Å². The molecule has 0 aromatic carbocycles. The zero-order chi connectivity index (χ0) is 34.4. The predicted molar refractivity (Wildman–Crippen MR) is 177 cm³/mol. The van der Waals surface area contributed by atoms with Crippen molar-refractivity contribution in [1.29, 1.82) is 0 Å². The Morgan fingerprint density at radius 3 is 1.91 bits per heavy atom. The molecule has 0 spiro atoms. The van der Waals surface area contributed by atoms with E-state index < -0.39 is 36.6 Å². The average molecular weight is 668 g/mol. The minimum Gasteiger partial charge on any atom is -0.464 e. The van der Waals surface area contributed by atoms with Crippen LogP contribution in [0, 0.1) is 0 Å². The van der Waals surface area contributed by atoms with Gasteiger partial charge in [-0.05, 0) is 47.5 Å². The Labute approximate surface area is 273 Å². The Morgan fingerprint density at radius 1 is 0.870 bits per heavy atom. The minimum atomic E-state index is -3.81. The molecule has 14 nitrogen and oxygen atoms in total. The highest BCUT2D eigenvalue weighted by Crippen LogP contribution is 2.42. The van der Waals surface area contributed by atoms with Crippen molar-refractivity contribution >= 4 is 42.3 Å². The quantitative estimate of drug-likeness (QED) is 0.0838. The van der Waals surface area contributed by atoms with Crippen LogP contribution in [0.4, 0.5) is 5.82 Å². The van der Waals surface area contributed by atoms with E-state index in [2.05, 4.69) is 44.3 Å². The van der Waals surface area contributed by atoms with Crippen molar-refractivity contribution in [2.75, 3.05) is 24.9 Å². The van der Waals surface area contributed by atoms with E-state index in [4.69, 9.17) is 14.2 Å². The number of nitrogens with one attached hydrogen (secondary N) is 3. The van der Waals surface area contributed by atoms with E-state index in [0.29, 0.717) is 17.0 Å². The lowest BCUT2D eigenvalue weighted by Gasteiger charge is -2.35. The zero-order valence-corrected chi connectivity index (χ0v) is 29.7. The van der Waals surface area contributed by atoms with Crippen molar-refractivity contribution in [2.45, 2.75) is 130 Å². The molecule has 0 radical (unpaired) electrons. The Kier molecular flexibility index (Phi) is 15.7. The maximum atomic E-state index is 14.5. The first-order chi connectivity index (χ1) is 21.6. The van der Waals surface area contributed by atoms with Gasteiger partial charge in [0, 0.05) is 6.92 Å². The van der Waals surface area contributed by atoms with E-state index in [1.807, 2.05) is 0 Å². The first kappa shape index (κ1) is 39.2. The molecule has 0 saturated carbocycles. The third-order valence-electron chi connectivity index (χ3n) is 7.09. The van der Waals surface area contributed by atoms with Crippen LogP contribution in [0.3, 0.4) is 0 Å². The van der Waals surface area contributed by atoms with Crippen LogP contribution >= 0.6 is 7.44 Å². The van der Waals surface area contributed by atoms with Gasteiger partial charge in [0.05, 0.1) is 32.2 Å². The van der Waals surface area contributed by atoms with Crippen molar-refractivity contribution in [3.8, 4) is 0 Å². The average Bonchev–Trinajstić information content (AvgIpc) is 3.38. The molecule has 0 aliphatic heterocycles. The Bertz CT molecular complexity index is 1290. The predicted octanol–water partition coefficient (Wildman–Crippen LogP) is 5.32. The van der Waals surface area contributed by atoms with Crippen LogP contribution < -0.4 is 15.5 Å². The monoisotopic (exact) mass is 667 g/mol. The van der Waals surface area contributed by atoms with Gasteiger partial charge in [-0.3, -0.25) is 18.9 Å². The number of nitrogens with zero attached hydrogens (tertiary/aromatic N) is 4. The number of ether oxygens (including phenoxy) is 3. The summed E-state index contributed by atoms with van der Waals surface area (Å²) in [6.07, 6.45) is 9.63. The lowest BCUT2D eigenvalue weighted by Crippen LogP contribution is -2.54. The summed E-state index contributed by atoms with van der Waals surface area (Å²) in [4.78, 5) is 50.4. The van der Waals surface area contributed by atoms with Crippen LogP contribution in [0.1, 0.15) is 107 Å². The Hall–Kier alpha value is -2.93. The highest BCUT2D eigenvalue weighted by molar-refractivity contribution is 7.59. The van der Waals surface area contributed by atoms with Crippen LogP contribution in [0.2, 0.25) is 0 Å². The summed E-state index contributed by atoms with van der Waals surface area (Å²) < 4.78 is 33.3. The number of imidazole rings is 1. The number of rotatable bonds is 22. The van der Waals surface area contributed by atoms with Crippen molar-refractivity contribution in [3.05, 3.63) is 12.7 Å². The summed E-state index contributed by atoms with van der Waals surface area (Å²) in [5.74, 6) is -1.11. The third-order valence-corrected chi connectivity index (χ3v) is 9.45. The molecule has 15 heteroatoms. The summed E-state index contributed by atoms with van der Waals surface area (Å²) in [5.41, 5.74) is -1.82. The molecular weight excluding hydrogens is 613 g/mol. The first-order valence-electron chi connectivity index (χ1n) is 16.2. The van der Waals surface area contributed by atoms with Gasteiger partial charge in [-0.15, -0.1) is 0 Å². The van der Waals surface area contributed by atoms with Gasteiger partial charge in [0.1, 0.15) is 23.8 Å². The molecular formula is C31H54N7O7P. The molecule has 0 fully saturated rings. The number of carbonyl (C=O) groups is 3. The van der Waals surface area contributed by atoms with Gasteiger partial charge in [0.2, 0.25) is 13.4 Å². The van der Waals surface area contributed by atoms with E-state index >= 15 is 0 Å². The highest BCUT2D eigenvalue weighted by atomic mass is 31.2. The number of esters is 2. The molecule has 2 rings (SSSR count). The normalized spacial score (nSPS) is 13.0. The van der Waals surface area contributed by atoms with Gasteiger partial charge in [0.25, 0.3) is 0 Å². The number of hydrogen-bond donors (Lipinski definition) is 3. The molecule has 0 aliphatic carbocycles. The van der Waals surface area contributed by atoms with Crippen molar-refractivity contribution in [3.63, 3.8) is 0 Å². The van der Waals surface area contributed by atoms with Gasteiger partial charge in [0.15, 0.2) is 17.0 Å². The van der Waals surface area contributed by atoms with Crippen LogP contribution in [-0.4, -0.2) is 74.1 Å². The van der Waals surface area contributed by atoms with Gasteiger partial charge in [-0.2, -0.15) is 0 Å². The standard InChI is InChI=1S/C31H54N7O7P/c1-9-11-13-15-17-43-28(40)30(5,6)36-46(42,37-31(7,8)29(41)44-18-16-14-12-10-2)22-45-23(3)19-38-21-34-25-26(35-24(4)39)32-20-33-27(25)38/h20-21,23H,9-19,22H2,1-8H3,(H2,36,37,42)(H,32,33,35,39)/t23-/m1/s1. The van der Waals surface area contributed by atoms with Gasteiger partial charge in [-0.25, -0.2) is 25.1 Å². The number of fused-ring (bicyclic) bond motifs is 1. The molecule has 3 N–H and O–H groups in total. The lowest BCUT2D eigenvalue weighted by molar-refractivity contribution is -0.149. The van der Waals surface area contributed by atoms with Crippen LogP contribution in [-0.2, 0) is 39.7 Å². The molecule has 0 saturated heterocycles. The fourth-order valence-corrected chi connectivity index (χ4v) is 7.31. The number of anilines is 1. The van der Waals surface area contributed by atoms with E-state index in [1.165, 1.54) is 13.3 Å². The smallest absolute Gasteiger partial charge is 0.326 e. The summed E-state index contributed by atoms with van der Waals surface area (Å²) in [5, 5.41) is 8.52. The van der Waals surface area contributed by atoms with E-state index in [9.17, 15) is 18.9 Å². The van der Waals surface area contributed by atoms with Crippen LogP contribution in [0.5, 0.6) is 0 Å². The number of amides is 1. The van der Waals surface area contributed by atoms with Crippen molar-refractivity contribution in [1.82, 2.24) is 29.7 Å². The van der Waals surface area contributed by atoms with E-state index in [-0.39, 0.29) is 32.0 Å². The summed E-state index contributed by atoms with van der Waals surface area (Å²) in [6, 6.07) is 0. The molecule has 2 heterocycles. The van der Waals surface area contributed by atoms with Gasteiger partial charge in [-0.1, -0.05) is 52.4 Å². The number of unbranched alkanes of at least 4 members (excludes halogenated alkanes) is 6. The summed E-state index contributed by atoms with van der Waals surface area (Å²) in [6.45, 7) is 14.5. The molecule has 2 aromatic rings. The van der Waals surface area contributed by atoms with E-state index in [0.717, 1.165) is 51.4 Å². The molecule has 1 atom stereocenters. The van der Waals surface area contributed by atoms with Crippen LogP contribution in [0.25, 0.3) is 11.2 Å². The second kappa shape index (κ2) is 18.4. The fraction of sp³-hybridized carbons (Fsp3) is 0.742. The van der Waals surface area contributed by atoms with Crippen molar-refractivity contribution < 1.29 is 33.2 Å². The zero-order valence-electron chi connectivity index (χ0n) is 28.8. The van der Waals surface area contributed by atoms with Crippen molar-refractivity contribution in [2.24, 2.45) is 0 Å². The van der Waals surface area contributed by atoms with Crippen LogP contribution in [0.15, 0.2) is 12.7 Å². The number of carbonyl (C=O) groups excluding carboxylic acids is 3. The third kappa shape index (κ3) is 12.7. The number of aromatic nitrogens is 4. The minimum absolute atomic E-state index is 0.261. The SMILES string of the molecule is CCCCCCOC(=O)C(C)(C)NP(=O)(CO[C@H](C)Cn1cnc2c(NC(C)=O)ncnc21)NC(C)(C)C(=O)OCCCCCC. The fourth-order valence-electron chi connectivity index (χ4n) is 4.67. The molecule has 1 amide bonds. The molecule has 0 bridgehead atoms. The molecule has 260 valence electrons. The first-order valence-corrected chi connectivity index (χ1v) is 18.1.